The maximum absolute atomic E-state index is 11.4. The van der Waals surface area contributed by atoms with Gasteiger partial charge in [0.15, 0.2) is 8.68 Å². The van der Waals surface area contributed by atoms with Crippen LogP contribution in [0.25, 0.3) is 0 Å². The van der Waals surface area contributed by atoms with Gasteiger partial charge in [0.05, 0.1) is 0 Å². The minimum absolute atomic E-state index is 0.0491. The number of thioether (sulfide) groups is 3. The Hall–Kier alpha value is 0.0200. The fourth-order valence-electron chi connectivity index (χ4n) is 1.61. The molecule has 0 saturated carbocycles. The van der Waals surface area contributed by atoms with Crippen LogP contribution in [0, 0.1) is 0 Å². The predicted octanol–water partition coefficient (Wildman–Crippen LogP) is 5.53. The molecule has 0 radical (unpaired) electrons. The molecular formula is C15H24N2OS4. The highest BCUT2D eigenvalue weighted by atomic mass is 32.2. The summed E-state index contributed by atoms with van der Waals surface area (Å²) in [5, 5.41) is 8.83. The van der Waals surface area contributed by atoms with Crippen LogP contribution in [0.1, 0.15) is 46.0 Å². The van der Waals surface area contributed by atoms with Gasteiger partial charge in [-0.15, -0.1) is 10.2 Å². The second-order valence-electron chi connectivity index (χ2n) is 4.73. The van der Waals surface area contributed by atoms with Gasteiger partial charge in [0.25, 0.3) is 0 Å². The molecule has 0 amide bonds. The van der Waals surface area contributed by atoms with Crippen molar-refractivity contribution in [1.82, 2.24) is 10.2 Å². The van der Waals surface area contributed by atoms with E-state index >= 15 is 0 Å². The number of unbranched alkanes of at least 4 members (excludes halogenated alkanes) is 3. The molecule has 1 atom stereocenters. The zero-order valence-corrected chi connectivity index (χ0v) is 16.5. The van der Waals surface area contributed by atoms with Crippen LogP contribution in [0.3, 0.4) is 0 Å². The number of carbonyl (C=O) groups is 1. The van der Waals surface area contributed by atoms with Crippen LogP contribution in [0.5, 0.6) is 0 Å². The molecule has 0 aliphatic carbocycles. The lowest BCUT2D eigenvalue weighted by atomic mass is 10.2. The first kappa shape index (κ1) is 20.1. The van der Waals surface area contributed by atoms with Crippen molar-refractivity contribution in [2.24, 2.45) is 0 Å². The zero-order chi connectivity index (χ0) is 16.2. The molecule has 22 heavy (non-hydrogen) atoms. The summed E-state index contributed by atoms with van der Waals surface area (Å²) in [7, 11) is 0. The highest BCUT2D eigenvalue weighted by molar-refractivity contribution is 8.15. The maximum atomic E-state index is 11.4. The topological polar surface area (TPSA) is 42.9 Å². The lowest BCUT2D eigenvalue weighted by Gasteiger charge is -2.10. The van der Waals surface area contributed by atoms with Crippen molar-refractivity contribution in [3.63, 3.8) is 0 Å². The third-order valence-corrected chi connectivity index (χ3v) is 7.79. The first-order valence-corrected chi connectivity index (χ1v) is 11.3. The highest BCUT2D eigenvalue weighted by Gasteiger charge is 2.13. The van der Waals surface area contributed by atoms with E-state index in [0.29, 0.717) is 5.25 Å². The Morgan fingerprint density at radius 2 is 1.95 bits per heavy atom. The number of rotatable bonds is 12. The molecule has 0 spiro atoms. The molecule has 0 aliphatic heterocycles. The Morgan fingerprint density at radius 3 is 2.59 bits per heavy atom. The average Bonchev–Trinajstić information content (AvgIpc) is 2.98. The van der Waals surface area contributed by atoms with Crippen LogP contribution in [-0.2, 0) is 4.79 Å². The lowest BCUT2D eigenvalue weighted by molar-refractivity contribution is -0.107. The number of aromatic nitrogens is 2. The van der Waals surface area contributed by atoms with Gasteiger partial charge < -0.3 is 0 Å². The summed E-state index contributed by atoms with van der Waals surface area (Å²) in [5.74, 6) is 2.01. The van der Waals surface area contributed by atoms with Gasteiger partial charge in [-0.3, -0.25) is 4.79 Å². The normalized spacial score (nSPS) is 12.3. The van der Waals surface area contributed by atoms with Crippen molar-refractivity contribution < 1.29 is 4.79 Å². The fourth-order valence-corrected chi connectivity index (χ4v) is 5.84. The summed E-state index contributed by atoms with van der Waals surface area (Å²) < 4.78 is 2.06. The van der Waals surface area contributed by atoms with E-state index in [4.69, 9.17) is 0 Å². The van der Waals surface area contributed by atoms with Crippen molar-refractivity contribution in [2.45, 2.75) is 59.9 Å². The average molecular weight is 377 g/mol. The number of carbonyl (C=O) groups excluding carboxylic acids is 1. The van der Waals surface area contributed by atoms with E-state index in [1.807, 2.05) is 0 Å². The van der Waals surface area contributed by atoms with Gasteiger partial charge in [-0.2, -0.15) is 0 Å². The van der Waals surface area contributed by atoms with Crippen LogP contribution in [0.4, 0.5) is 0 Å². The van der Waals surface area contributed by atoms with Crippen molar-refractivity contribution in [3.05, 3.63) is 12.7 Å². The second-order valence-corrected chi connectivity index (χ2v) is 9.62. The van der Waals surface area contributed by atoms with E-state index in [1.165, 1.54) is 43.5 Å². The maximum Gasteiger partial charge on any atom is 0.211 e. The van der Waals surface area contributed by atoms with Crippen molar-refractivity contribution >= 4 is 51.7 Å². The molecular weight excluding hydrogens is 352 g/mol. The standard InChI is InChI=1S/C15H24N2OS4/c1-4-7-8-9-10-19-14-16-17-15(22-14)20-11-12(5-2)21-13(18)6-3/h6,12H,3-5,7-11H2,1-2H3. The Labute approximate surface area is 150 Å². The summed E-state index contributed by atoms with van der Waals surface area (Å²) in [4.78, 5) is 11.4. The van der Waals surface area contributed by atoms with Crippen LogP contribution in [0.2, 0.25) is 0 Å². The van der Waals surface area contributed by atoms with Gasteiger partial charge in [-0.1, -0.05) is 86.3 Å². The molecule has 124 valence electrons. The Kier molecular flexibility index (Phi) is 11.3. The third kappa shape index (κ3) is 8.60. The molecule has 0 bridgehead atoms. The Morgan fingerprint density at radius 1 is 1.23 bits per heavy atom. The summed E-state index contributed by atoms with van der Waals surface area (Å²) in [6.45, 7) is 7.85. The van der Waals surface area contributed by atoms with Gasteiger partial charge in [0, 0.05) is 16.8 Å². The van der Waals surface area contributed by atoms with Gasteiger partial charge in [-0.05, 0) is 18.9 Å². The van der Waals surface area contributed by atoms with Crippen LogP contribution in [0.15, 0.2) is 21.3 Å². The van der Waals surface area contributed by atoms with Gasteiger partial charge in [0.1, 0.15) is 0 Å². The van der Waals surface area contributed by atoms with Gasteiger partial charge >= 0.3 is 0 Å². The molecule has 1 heterocycles. The van der Waals surface area contributed by atoms with Gasteiger partial charge in [0.2, 0.25) is 5.12 Å². The largest absolute Gasteiger partial charge is 0.282 e. The minimum atomic E-state index is 0.0491. The summed E-state index contributed by atoms with van der Waals surface area (Å²) in [6, 6.07) is 0. The number of hydrogen-bond donors (Lipinski definition) is 0. The second kappa shape index (κ2) is 12.4. The van der Waals surface area contributed by atoms with Gasteiger partial charge in [-0.25, -0.2) is 0 Å². The molecule has 0 fully saturated rings. The van der Waals surface area contributed by atoms with E-state index < -0.39 is 0 Å². The number of hydrogen-bond acceptors (Lipinski definition) is 7. The minimum Gasteiger partial charge on any atom is -0.282 e. The molecule has 1 unspecified atom stereocenters. The summed E-state index contributed by atoms with van der Waals surface area (Å²) in [6.07, 6.45) is 7.49. The fraction of sp³-hybridized carbons (Fsp3) is 0.667. The van der Waals surface area contributed by atoms with Crippen molar-refractivity contribution in [1.29, 1.82) is 0 Å². The smallest absolute Gasteiger partial charge is 0.211 e. The molecule has 0 saturated heterocycles. The van der Waals surface area contributed by atoms with E-state index in [1.54, 1.807) is 34.9 Å². The summed E-state index contributed by atoms with van der Waals surface area (Å²) >= 11 is 6.53. The van der Waals surface area contributed by atoms with Crippen molar-refractivity contribution in [3.8, 4) is 0 Å². The molecule has 0 N–H and O–H groups in total. The molecule has 1 aromatic heterocycles. The molecule has 0 aliphatic rings. The van der Waals surface area contributed by atoms with E-state index in [0.717, 1.165) is 26.6 Å². The molecule has 1 rings (SSSR count). The van der Waals surface area contributed by atoms with Crippen LogP contribution in [-0.4, -0.2) is 32.1 Å². The lowest BCUT2D eigenvalue weighted by Crippen LogP contribution is -2.07. The molecule has 7 heteroatoms. The molecule has 1 aromatic rings. The third-order valence-electron chi connectivity index (χ3n) is 2.91. The zero-order valence-electron chi connectivity index (χ0n) is 13.2. The summed E-state index contributed by atoms with van der Waals surface area (Å²) in [5.41, 5.74) is 0. The Balaban J connectivity index is 2.28. The highest BCUT2D eigenvalue weighted by Crippen LogP contribution is 2.31. The van der Waals surface area contributed by atoms with E-state index in [-0.39, 0.29) is 5.12 Å². The predicted molar refractivity (Wildman–Crippen MR) is 102 cm³/mol. The monoisotopic (exact) mass is 376 g/mol. The van der Waals surface area contributed by atoms with E-state index in [9.17, 15) is 4.79 Å². The first-order chi connectivity index (χ1) is 10.7. The Bertz CT molecular complexity index is 451. The molecule has 3 nitrogen and oxygen atoms in total. The molecule has 0 aromatic carbocycles. The van der Waals surface area contributed by atoms with Crippen LogP contribution < -0.4 is 0 Å². The SMILES string of the molecule is C=CC(=O)SC(CC)CSc1nnc(SCCCCCC)s1. The number of nitrogens with zero attached hydrogens (tertiary/aromatic N) is 2. The van der Waals surface area contributed by atoms with Crippen LogP contribution >= 0.6 is 46.6 Å². The van der Waals surface area contributed by atoms with Crippen molar-refractivity contribution in [2.75, 3.05) is 11.5 Å². The van der Waals surface area contributed by atoms with E-state index in [2.05, 4.69) is 30.6 Å². The quantitative estimate of drug-likeness (QED) is 0.271. The first-order valence-electron chi connectivity index (χ1n) is 7.61.